The van der Waals surface area contributed by atoms with Gasteiger partial charge in [-0.3, -0.25) is 9.59 Å². The Hall–Kier alpha value is -2.86. The molecular weight excluding hydrogens is 402 g/mol. The third kappa shape index (κ3) is 5.30. The molecule has 2 amide bonds. The Kier molecular flexibility index (Phi) is 7.10. The van der Waals surface area contributed by atoms with Crippen molar-refractivity contribution in [1.29, 1.82) is 0 Å². The normalized spacial score (nSPS) is 21.8. The van der Waals surface area contributed by atoms with E-state index in [1.54, 1.807) is 4.90 Å². The molecule has 32 heavy (non-hydrogen) atoms. The van der Waals surface area contributed by atoms with Crippen LogP contribution < -0.4 is 15.4 Å². The van der Waals surface area contributed by atoms with Gasteiger partial charge in [-0.1, -0.05) is 24.3 Å². The summed E-state index contributed by atoms with van der Waals surface area (Å²) >= 11 is 0. The fourth-order valence-corrected chi connectivity index (χ4v) is 4.82. The summed E-state index contributed by atoms with van der Waals surface area (Å²) in [4.78, 5) is 25.9. The van der Waals surface area contributed by atoms with Crippen molar-refractivity contribution in [2.24, 2.45) is 0 Å². The molecule has 3 atom stereocenters. The van der Waals surface area contributed by atoms with Crippen LogP contribution in [-0.2, 0) is 4.79 Å². The summed E-state index contributed by atoms with van der Waals surface area (Å²) in [6.45, 7) is 6.11. The van der Waals surface area contributed by atoms with E-state index in [0.29, 0.717) is 37.2 Å². The lowest BCUT2D eigenvalue weighted by Crippen LogP contribution is -2.49. The smallest absolute Gasteiger partial charge is 0.254 e. The fourth-order valence-electron chi connectivity index (χ4n) is 4.82. The summed E-state index contributed by atoms with van der Waals surface area (Å²) in [7, 11) is 0. The first-order valence-electron chi connectivity index (χ1n) is 11.7. The molecule has 0 aromatic heterocycles. The van der Waals surface area contributed by atoms with Crippen molar-refractivity contribution in [3.05, 3.63) is 65.2 Å². The molecule has 6 nitrogen and oxygen atoms in total. The molecule has 1 aliphatic heterocycles. The standard InChI is InChI=1S/C26H33N3O3/c1-3-32-24-6-4-5-21(16-24)18(2)28-23-12-11-22(15-23)19-7-9-20(10-8-19)26(31)29-14-13-27-25(30)17-29/h4-10,16,18,22-23,28H,3,11-15,17H2,1-2H3,(H,27,30)/t18-,22?,23+/m1/s1. The van der Waals surface area contributed by atoms with E-state index in [4.69, 9.17) is 4.74 Å². The maximum absolute atomic E-state index is 12.7. The Labute approximate surface area is 190 Å². The van der Waals surface area contributed by atoms with Gasteiger partial charge in [0.2, 0.25) is 5.91 Å². The quantitative estimate of drug-likeness (QED) is 0.697. The van der Waals surface area contributed by atoms with Gasteiger partial charge >= 0.3 is 0 Å². The molecule has 2 aromatic carbocycles. The number of piperazine rings is 1. The summed E-state index contributed by atoms with van der Waals surface area (Å²) in [5.41, 5.74) is 3.18. The zero-order chi connectivity index (χ0) is 22.5. The van der Waals surface area contributed by atoms with Gasteiger partial charge in [-0.15, -0.1) is 0 Å². The Bertz CT molecular complexity index is 944. The van der Waals surface area contributed by atoms with Crippen LogP contribution in [0.25, 0.3) is 0 Å². The molecule has 0 radical (unpaired) electrons. The molecule has 2 aromatic rings. The molecule has 1 saturated heterocycles. The molecule has 1 heterocycles. The average Bonchev–Trinajstić information content (AvgIpc) is 3.27. The Morgan fingerprint density at radius 1 is 1.22 bits per heavy atom. The number of hydrogen-bond acceptors (Lipinski definition) is 4. The van der Waals surface area contributed by atoms with Crippen molar-refractivity contribution in [3.63, 3.8) is 0 Å². The van der Waals surface area contributed by atoms with Gasteiger partial charge in [-0.25, -0.2) is 0 Å². The SMILES string of the molecule is CCOc1cccc([C@@H](C)N[C@H]2CCC(c3ccc(C(=O)N4CCNC(=O)C4)cc3)C2)c1. The molecule has 4 rings (SSSR count). The van der Waals surface area contributed by atoms with Crippen LogP contribution in [0.5, 0.6) is 5.75 Å². The highest BCUT2D eigenvalue weighted by Gasteiger charge is 2.28. The highest BCUT2D eigenvalue weighted by atomic mass is 16.5. The van der Waals surface area contributed by atoms with Crippen LogP contribution >= 0.6 is 0 Å². The summed E-state index contributed by atoms with van der Waals surface area (Å²) < 4.78 is 5.64. The predicted molar refractivity (Wildman–Crippen MR) is 125 cm³/mol. The van der Waals surface area contributed by atoms with Crippen molar-refractivity contribution >= 4 is 11.8 Å². The molecule has 0 bridgehead atoms. The van der Waals surface area contributed by atoms with Gasteiger partial charge in [0.1, 0.15) is 5.75 Å². The summed E-state index contributed by atoms with van der Waals surface area (Å²) in [6, 6.07) is 17.0. The lowest BCUT2D eigenvalue weighted by Gasteiger charge is -2.26. The molecule has 1 unspecified atom stereocenters. The van der Waals surface area contributed by atoms with Crippen LogP contribution in [0.3, 0.4) is 0 Å². The van der Waals surface area contributed by atoms with Gasteiger partial charge < -0.3 is 20.3 Å². The van der Waals surface area contributed by atoms with E-state index in [2.05, 4.69) is 47.9 Å². The number of benzene rings is 2. The zero-order valence-electron chi connectivity index (χ0n) is 19.0. The lowest BCUT2D eigenvalue weighted by atomic mass is 9.96. The van der Waals surface area contributed by atoms with E-state index in [1.807, 2.05) is 25.1 Å². The highest BCUT2D eigenvalue weighted by Crippen LogP contribution is 2.35. The second-order valence-electron chi connectivity index (χ2n) is 8.80. The van der Waals surface area contributed by atoms with Crippen LogP contribution in [0.2, 0.25) is 0 Å². The molecule has 2 N–H and O–H groups in total. The Balaban J connectivity index is 1.32. The first kappa shape index (κ1) is 22.3. The number of amides is 2. The van der Waals surface area contributed by atoms with Crippen molar-refractivity contribution < 1.29 is 14.3 Å². The van der Waals surface area contributed by atoms with Gasteiger partial charge in [0, 0.05) is 30.7 Å². The highest BCUT2D eigenvalue weighted by molar-refractivity contribution is 5.97. The molecule has 1 saturated carbocycles. The topological polar surface area (TPSA) is 70.7 Å². The van der Waals surface area contributed by atoms with Crippen molar-refractivity contribution in [3.8, 4) is 5.75 Å². The number of carbonyl (C=O) groups is 2. The van der Waals surface area contributed by atoms with Crippen LogP contribution in [0.15, 0.2) is 48.5 Å². The first-order valence-corrected chi connectivity index (χ1v) is 11.7. The van der Waals surface area contributed by atoms with Crippen molar-refractivity contribution in [2.75, 3.05) is 26.2 Å². The molecular formula is C26H33N3O3. The van der Waals surface area contributed by atoms with Gasteiger partial charge in [0.05, 0.1) is 13.2 Å². The molecule has 170 valence electrons. The number of carbonyl (C=O) groups excluding carboxylic acids is 2. The van der Waals surface area contributed by atoms with Crippen molar-refractivity contribution in [1.82, 2.24) is 15.5 Å². The largest absolute Gasteiger partial charge is 0.494 e. The van der Waals surface area contributed by atoms with Gasteiger partial charge in [0.25, 0.3) is 5.91 Å². The molecule has 2 fully saturated rings. The first-order chi connectivity index (χ1) is 15.5. The number of nitrogens with zero attached hydrogens (tertiary/aromatic N) is 1. The number of hydrogen-bond donors (Lipinski definition) is 2. The van der Waals surface area contributed by atoms with Crippen molar-refractivity contribution in [2.45, 2.75) is 51.1 Å². The minimum Gasteiger partial charge on any atom is -0.494 e. The minimum absolute atomic E-state index is 0.0690. The summed E-state index contributed by atoms with van der Waals surface area (Å²) in [5.74, 6) is 1.26. The Morgan fingerprint density at radius 3 is 2.78 bits per heavy atom. The number of rotatable bonds is 7. The van der Waals surface area contributed by atoms with E-state index in [-0.39, 0.29) is 24.4 Å². The van der Waals surface area contributed by atoms with Gasteiger partial charge in [0.15, 0.2) is 0 Å². The summed E-state index contributed by atoms with van der Waals surface area (Å²) in [5, 5.41) is 6.54. The second kappa shape index (κ2) is 10.2. The van der Waals surface area contributed by atoms with E-state index < -0.39 is 0 Å². The van der Waals surface area contributed by atoms with E-state index >= 15 is 0 Å². The second-order valence-corrected chi connectivity index (χ2v) is 8.80. The third-order valence-corrected chi connectivity index (χ3v) is 6.54. The molecule has 1 aliphatic carbocycles. The maximum atomic E-state index is 12.7. The monoisotopic (exact) mass is 435 g/mol. The van der Waals surface area contributed by atoms with Crippen LogP contribution in [0.4, 0.5) is 0 Å². The lowest BCUT2D eigenvalue weighted by molar-refractivity contribution is -0.123. The van der Waals surface area contributed by atoms with Crippen LogP contribution in [0, 0.1) is 0 Å². The fraction of sp³-hybridized carbons (Fsp3) is 0.462. The van der Waals surface area contributed by atoms with Gasteiger partial charge in [-0.05, 0) is 74.4 Å². The minimum atomic E-state index is -0.0930. The average molecular weight is 436 g/mol. The van der Waals surface area contributed by atoms with E-state index in [0.717, 1.165) is 25.0 Å². The third-order valence-electron chi connectivity index (χ3n) is 6.54. The maximum Gasteiger partial charge on any atom is 0.254 e. The number of ether oxygens (including phenoxy) is 1. The predicted octanol–water partition coefficient (Wildman–Crippen LogP) is 3.64. The number of nitrogens with one attached hydrogen (secondary N) is 2. The molecule has 0 spiro atoms. The zero-order valence-corrected chi connectivity index (χ0v) is 19.0. The molecule has 6 heteroatoms. The van der Waals surface area contributed by atoms with E-state index in [1.165, 1.54) is 11.1 Å². The van der Waals surface area contributed by atoms with Gasteiger partial charge in [-0.2, -0.15) is 0 Å². The van der Waals surface area contributed by atoms with E-state index in [9.17, 15) is 9.59 Å². The van der Waals surface area contributed by atoms with Crippen LogP contribution in [0.1, 0.15) is 66.6 Å². The molecule has 2 aliphatic rings. The Morgan fingerprint density at radius 2 is 2.03 bits per heavy atom. The van der Waals surface area contributed by atoms with Crippen LogP contribution in [-0.4, -0.2) is 49.0 Å². The summed E-state index contributed by atoms with van der Waals surface area (Å²) in [6.07, 6.45) is 3.38.